The van der Waals surface area contributed by atoms with Crippen molar-refractivity contribution in [3.05, 3.63) is 59.9 Å². The number of rotatable bonds is 3. The lowest BCUT2D eigenvalue weighted by molar-refractivity contribution is 0.0691. The van der Waals surface area contributed by atoms with Crippen molar-refractivity contribution < 1.29 is 19.4 Å². The number of imidazole rings is 1. The summed E-state index contributed by atoms with van der Waals surface area (Å²) in [4.78, 5) is 15.7. The Labute approximate surface area is 137 Å². The predicted molar refractivity (Wildman–Crippen MR) is 86.8 cm³/mol. The number of carbonyl (C=O) groups is 1. The first-order valence-corrected chi connectivity index (χ1v) is 7.42. The molecule has 120 valence electrons. The van der Waals surface area contributed by atoms with E-state index in [2.05, 4.69) is 4.98 Å². The zero-order valence-electron chi connectivity index (χ0n) is 12.9. The predicted octanol–water partition coefficient (Wildman–Crippen LogP) is 3.27. The molecule has 0 radical (unpaired) electrons. The Bertz CT molecular complexity index is 946. The number of carboxylic acid groups (broad SMARTS) is 1. The molecule has 1 aromatic heterocycles. The van der Waals surface area contributed by atoms with Crippen LogP contribution in [-0.2, 0) is 0 Å². The number of nitrogens with zero attached hydrogens (tertiary/aromatic N) is 2. The molecule has 6 nitrogen and oxygen atoms in total. The minimum Gasteiger partial charge on any atom is -0.476 e. The van der Waals surface area contributed by atoms with Gasteiger partial charge < -0.3 is 14.6 Å². The van der Waals surface area contributed by atoms with Gasteiger partial charge in [-0.05, 0) is 24.6 Å². The zero-order valence-corrected chi connectivity index (χ0v) is 12.9. The van der Waals surface area contributed by atoms with E-state index in [1.165, 1.54) is 6.20 Å². The Kier molecular flexibility index (Phi) is 3.23. The fourth-order valence-electron chi connectivity index (χ4n) is 2.73. The highest BCUT2D eigenvalue weighted by molar-refractivity contribution is 5.86. The van der Waals surface area contributed by atoms with Gasteiger partial charge in [0.2, 0.25) is 6.79 Å². The fraction of sp³-hybridized carbons (Fsp3) is 0.111. The quantitative estimate of drug-likeness (QED) is 0.801. The number of hydrogen-bond donors (Lipinski definition) is 1. The van der Waals surface area contributed by atoms with Crippen LogP contribution in [0.1, 0.15) is 16.1 Å². The van der Waals surface area contributed by atoms with Crippen molar-refractivity contribution in [2.24, 2.45) is 0 Å². The van der Waals surface area contributed by atoms with E-state index >= 15 is 0 Å². The van der Waals surface area contributed by atoms with Crippen LogP contribution in [0, 0.1) is 6.92 Å². The molecule has 6 heteroatoms. The van der Waals surface area contributed by atoms with Gasteiger partial charge in [-0.1, -0.05) is 24.3 Å². The van der Waals surface area contributed by atoms with E-state index in [1.807, 2.05) is 43.3 Å². The summed E-state index contributed by atoms with van der Waals surface area (Å²) >= 11 is 0. The van der Waals surface area contributed by atoms with Crippen LogP contribution in [-0.4, -0.2) is 27.4 Å². The number of benzene rings is 2. The monoisotopic (exact) mass is 322 g/mol. The fourth-order valence-corrected chi connectivity index (χ4v) is 2.73. The number of aromatic nitrogens is 2. The van der Waals surface area contributed by atoms with Crippen LogP contribution in [0.3, 0.4) is 0 Å². The van der Waals surface area contributed by atoms with E-state index in [0.29, 0.717) is 17.3 Å². The Morgan fingerprint density at radius 1 is 1.17 bits per heavy atom. The number of carboxylic acids is 1. The van der Waals surface area contributed by atoms with Gasteiger partial charge in [-0.15, -0.1) is 0 Å². The molecule has 0 fully saturated rings. The molecular formula is C18H14N2O4. The molecule has 1 N–H and O–H groups in total. The first-order chi connectivity index (χ1) is 11.6. The molecule has 1 aliphatic rings. The second-order valence-corrected chi connectivity index (χ2v) is 5.48. The molecule has 24 heavy (non-hydrogen) atoms. The van der Waals surface area contributed by atoms with E-state index in [1.54, 1.807) is 10.6 Å². The Hall–Kier alpha value is -3.28. The van der Waals surface area contributed by atoms with Crippen molar-refractivity contribution in [3.8, 4) is 28.6 Å². The molecule has 0 unspecified atom stereocenters. The third kappa shape index (κ3) is 2.28. The van der Waals surface area contributed by atoms with Gasteiger partial charge in [0.1, 0.15) is 5.82 Å². The largest absolute Gasteiger partial charge is 0.476 e. The van der Waals surface area contributed by atoms with Gasteiger partial charge in [-0.3, -0.25) is 4.57 Å². The van der Waals surface area contributed by atoms with Gasteiger partial charge in [0, 0.05) is 17.8 Å². The summed E-state index contributed by atoms with van der Waals surface area (Å²) in [5.74, 6) is 0.817. The first kappa shape index (κ1) is 14.3. The van der Waals surface area contributed by atoms with E-state index in [0.717, 1.165) is 16.8 Å². The molecule has 0 aliphatic carbocycles. The van der Waals surface area contributed by atoms with Crippen molar-refractivity contribution in [1.29, 1.82) is 0 Å². The summed E-state index contributed by atoms with van der Waals surface area (Å²) in [5.41, 5.74) is 2.65. The third-order valence-electron chi connectivity index (χ3n) is 3.95. The molecule has 4 rings (SSSR count). The molecule has 2 aromatic carbocycles. The zero-order chi connectivity index (χ0) is 16.7. The van der Waals surface area contributed by atoms with Crippen molar-refractivity contribution in [2.75, 3.05) is 6.79 Å². The normalized spacial score (nSPS) is 12.4. The van der Waals surface area contributed by atoms with Crippen LogP contribution >= 0.6 is 0 Å². The van der Waals surface area contributed by atoms with Crippen LogP contribution in [0.15, 0.2) is 48.7 Å². The summed E-state index contributed by atoms with van der Waals surface area (Å²) < 4.78 is 12.5. The second-order valence-electron chi connectivity index (χ2n) is 5.48. The van der Waals surface area contributed by atoms with Crippen molar-refractivity contribution in [1.82, 2.24) is 9.55 Å². The molecule has 0 bridgehead atoms. The highest BCUT2D eigenvalue weighted by Gasteiger charge is 2.19. The van der Waals surface area contributed by atoms with Crippen molar-refractivity contribution in [2.45, 2.75) is 6.92 Å². The maximum Gasteiger partial charge on any atom is 0.356 e. The van der Waals surface area contributed by atoms with Crippen LogP contribution < -0.4 is 9.47 Å². The van der Waals surface area contributed by atoms with Crippen LogP contribution in [0.2, 0.25) is 0 Å². The lowest BCUT2D eigenvalue weighted by atomic mass is 10.1. The number of aryl methyl sites for hydroxylation is 1. The van der Waals surface area contributed by atoms with Gasteiger partial charge >= 0.3 is 5.97 Å². The van der Waals surface area contributed by atoms with E-state index in [9.17, 15) is 9.90 Å². The topological polar surface area (TPSA) is 73.6 Å². The molecule has 0 saturated heterocycles. The average molecular weight is 322 g/mol. The Balaban J connectivity index is 1.91. The SMILES string of the molecule is Cc1ccccc1-c1nc(C(=O)O)cn1-c1ccc2c(c1)OCO2. The number of hydrogen-bond acceptors (Lipinski definition) is 4. The molecule has 0 amide bonds. The third-order valence-corrected chi connectivity index (χ3v) is 3.95. The summed E-state index contributed by atoms with van der Waals surface area (Å²) in [6.07, 6.45) is 1.52. The van der Waals surface area contributed by atoms with E-state index in [-0.39, 0.29) is 12.5 Å². The standard InChI is InChI=1S/C18H14N2O4/c1-11-4-2-3-5-13(11)17-19-14(18(21)22)9-20(17)12-6-7-15-16(8-12)24-10-23-15/h2-9H,10H2,1H3,(H,21,22). The summed E-state index contributed by atoms with van der Waals surface area (Å²) in [5, 5.41) is 9.32. The average Bonchev–Trinajstić information content (AvgIpc) is 3.21. The van der Waals surface area contributed by atoms with Gasteiger partial charge in [-0.2, -0.15) is 0 Å². The number of aromatic carboxylic acids is 1. The Morgan fingerprint density at radius 2 is 1.96 bits per heavy atom. The van der Waals surface area contributed by atoms with Gasteiger partial charge in [0.05, 0.1) is 5.69 Å². The highest BCUT2D eigenvalue weighted by Crippen LogP contribution is 2.35. The van der Waals surface area contributed by atoms with Crippen LogP contribution in [0.4, 0.5) is 0 Å². The summed E-state index contributed by atoms with van der Waals surface area (Å²) in [7, 11) is 0. The molecule has 1 aliphatic heterocycles. The molecular weight excluding hydrogens is 308 g/mol. The van der Waals surface area contributed by atoms with Gasteiger partial charge in [-0.25, -0.2) is 9.78 Å². The van der Waals surface area contributed by atoms with Crippen molar-refractivity contribution in [3.63, 3.8) is 0 Å². The highest BCUT2D eigenvalue weighted by atomic mass is 16.7. The molecule has 0 atom stereocenters. The second kappa shape index (κ2) is 5.42. The summed E-state index contributed by atoms with van der Waals surface area (Å²) in [6.45, 7) is 2.15. The lowest BCUT2D eigenvalue weighted by Crippen LogP contribution is -1.97. The molecule has 0 spiro atoms. The van der Waals surface area contributed by atoms with E-state index in [4.69, 9.17) is 9.47 Å². The van der Waals surface area contributed by atoms with Crippen LogP contribution in [0.25, 0.3) is 17.1 Å². The van der Waals surface area contributed by atoms with Crippen LogP contribution in [0.5, 0.6) is 11.5 Å². The van der Waals surface area contributed by atoms with Gasteiger partial charge in [0.25, 0.3) is 0 Å². The molecule has 0 saturated carbocycles. The smallest absolute Gasteiger partial charge is 0.356 e. The lowest BCUT2D eigenvalue weighted by Gasteiger charge is -2.10. The van der Waals surface area contributed by atoms with E-state index < -0.39 is 5.97 Å². The molecule has 3 aromatic rings. The first-order valence-electron chi connectivity index (χ1n) is 7.42. The Morgan fingerprint density at radius 3 is 2.75 bits per heavy atom. The summed E-state index contributed by atoms with van der Waals surface area (Å²) in [6, 6.07) is 13.2. The minimum absolute atomic E-state index is 0.00841. The minimum atomic E-state index is -1.07. The number of fused-ring (bicyclic) bond motifs is 1. The maximum absolute atomic E-state index is 11.4. The van der Waals surface area contributed by atoms with Crippen molar-refractivity contribution >= 4 is 5.97 Å². The number of ether oxygens (including phenoxy) is 2. The molecule has 2 heterocycles. The van der Waals surface area contributed by atoms with Gasteiger partial charge in [0.15, 0.2) is 17.2 Å². The maximum atomic E-state index is 11.4.